The Hall–Kier alpha value is -2.52. The molecule has 0 aromatic heterocycles. The van der Waals surface area contributed by atoms with Crippen LogP contribution >= 0.6 is 11.6 Å². The van der Waals surface area contributed by atoms with Gasteiger partial charge in [-0.2, -0.15) is 0 Å². The molecule has 204 valence electrons. The molecule has 5 rings (SSSR count). The summed E-state index contributed by atoms with van der Waals surface area (Å²) in [6.07, 6.45) is 4.57. The lowest BCUT2D eigenvalue weighted by atomic mass is 9.85. The highest BCUT2D eigenvalue weighted by atomic mass is 35.5. The van der Waals surface area contributed by atoms with Gasteiger partial charge in [0, 0.05) is 49.5 Å². The summed E-state index contributed by atoms with van der Waals surface area (Å²) in [5, 5.41) is 0.524. The van der Waals surface area contributed by atoms with Gasteiger partial charge in [0.15, 0.2) is 0 Å². The normalized spacial score (nSPS) is 22.6. The van der Waals surface area contributed by atoms with Crippen LogP contribution < -0.4 is 4.31 Å². The Morgan fingerprint density at radius 2 is 1.74 bits per heavy atom. The second-order valence-corrected chi connectivity index (χ2v) is 13.2. The Balaban J connectivity index is 1.33. The lowest BCUT2D eigenvalue weighted by Crippen LogP contribution is -2.42. The van der Waals surface area contributed by atoms with Crippen LogP contribution in [0.15, 0.2) is 36.4 Å². The average Bonchev–Trinajstić information content (AvgIpc) is 3.61. The first-order valence-electron chi connectivity index (χ1n) is 13.0. The van der Waals surface area contributed by atoms with Crippen molar-refractivity contribution in [1.82, 2.24) is 4.90 Å². The van der Waals surface area contributed by atoms with Gasteiger partial charge in [-0.3, -0.25) is 13.9 Å². The standard InChI is InChI=1S/C28H31ClF2N2O4S/c1-38(36,37)33(16-17-2-3-17)27-7-4-19(29)12-23(27)18-8-10-32(11-9-18)28(35)25-15-21(34)14-24(25)22-6-5-20(30)13-26(22)31/h4-7,12-13,17-18,24-25H,2-3,8-11,14-16H2,1H3/t24-,25?/m0/s1. The maximum Gasteiger partial charge on any atom is 0.232 e. The van der Waals surface area contributed by atoms with Crippen LogP contribution in [0, 0.1) is 23.5 Å². The van der Waals surface area contributed by atoms with Crippen LogP contribution in [-0.4, -0.2) is 50.9 Å². The number of likely N-dealkylation sites (tertiary alicyclic amines) is 1. The van der Waals surface area contributed by atoms with Gasteiger partial charge in [0.25, 0.3) is 0 Å². The number of halogens is 3. The minimum atomic E-state index is -3.49. The number of nitrogens with zero attached hydrogens (tertiary/aromatic N) is 2. The molecule has 1 saturated heterocycles. The Morgan fingerprint density at radius 3 is 2.37 bits per heavy atom. The van der Waals surface area contributed by atoms with E-state index in [0.29, 0.717) is 49.1 Å². The molecule has 0 spiro atoms. The van der Waals surface area contributed by atoms with Gasteiger partial charge in [-0.1, -0.05) is 17.7 Å². The first-order valence-corrected chi connectivity index (χ1v) is 15.3. The summed E-state index contributed by atoms with van der Waals surface area (Å²) in [5.74, 6) is -2.66. The number of Topliss-reactive ketones (excluding diaryl/α,β-unsaturated/α-hetero) is 1. The number of anilines is 1. The summed E-state index contributed by atoms with van der Waals surface area (Å²) < 4.78 is 54.8. The maximum atomic E-state index is 14.5. The van der Waals surface area contributed by atoms with Gasteiger partial charge in [0.1, 0.15) is 17.4 Å². The zero-order valence-electron chi connectivity index (χ0n) is 21.2. The number of piperidine rings is 1. The molecule has 2 aliphatic carbocycles. The second kappa shape index (κ2) is 10.6. The Labute approximate surface area is 227 Å². The molecular formula is C28H31ClF2N2O4S. The number of hydrogen-bond acceptors (Lipinski definition) is 4. The van der Waals surface area contributed by atoms with Crippen molar-refractivity contribution in [2.24, 2.45) is 11.8 Å². The lowest BCUT2D eigenvalue weighted by Gasteiger charge is -2.36. The molecule has 0 bridgehead atoms. The zero-order valence-corrected chi connectivity index (χ0v) is 22.8. The molecule has 3 fully saturated rings. The van der Waals surface area contributed by atoms with Crippen molar-refractivity contribution in [2.45, 2.75) is 50.4 Å². The van der Waals surface area contributed by atoms with Crippen molar-refractivity contribution in [3.05, 3.63) is 64.2 Å². The van der Waals surface area contributed by atoms with E-state index in [4.69, 9.17) is 11.6 Å². The number of ketones is 1. The Bertz CT molecular complexity index is 1360. The predicted octanol–water partition coefficient (Wildman–Crippen LogP) is 5.26. The summed E-state index contributed by atoms with van der Waals surface area (Å²) >= 11 is 6.33. The molecule has 2 saturated carbocycles. The fourth-order valence-electron chi connectivity index (χ4n) is 5.92. The van der Waals surface area contributed by atoms with E-state index in [-0.39, 0.29) is 36.0 Å². The van der Waals surface area contributed by atoms with E-state index in [1.807, 2.05) is 6.07 Å². The monoisotopic (exact) mass is 564 g/mol. The molecule has 1 amide bonds. The van der Waals surface area contributed by atoms with Crippen LogP contribution in [0.25, 0.3) is 0 Å². The van der Waals surface area contributed by atoms with Gasteiger partial charge in [0.05, 0.1) is 17.9 Å². The molecule has 2 aromatic rings. The molecule has 2 atom stereocenters. The highest BCUT2D eigenvalue weighted by molar-refractivity contribution is 7.92. The highest BCUT2D eigenvalue weighted by Gasteiger charge is 2.42. The van der Waals surface area contributed by atoms with Gasteiger partial charge in [-0.05, 0) is 72.9 Å². The van der Waals surface area contributed by atoms with E-state index in [1.165, 1.54) is 16.6 Å². The fraction of sp³-hybridized carbons (Fsp3) is 0.500. The van der Waals surface area contributed by atoms with Crippen LogP contribution in [0.3, 0.4) is 0 Å². The average molecular weight is 565 g/mol. The van der Waals surface area contributed by atoms with Gasteiger partial charge < -0.3 is 4.90 Å². The molecule has 6 nitrogen and oxygen atoms in total. The van der Waals surface area contributed by atoms with Gasteiger partial charge in [-0.15, -0.1) is 0 Å². The number of sulfonamides is 1. The number of amides is 1. The first kappa shape index (κ1) is 27.1. The van der Waals surface area contributed by atoms with Crippen molar-refractivity contribution in [3.63, 3.8) is 0 Å². The molecule has 1 aliphatic heterocycles. The molecule has 2 aromatic carbocycles. The van der Waals surface area contributed by atoms with Crippen molar-refractivity contribution < 1.29 is 26.8 Å². The largest absolute Gasteiger partial charge is 0.342 e. The highest BCUT2D eigenvalue weighted by Crippen LogP contribution is 2.43. The van der Waals surface area contributed by atoms with E-state index < -0.39 is 33.5 Å². The molecular weight excluding hydrogens is 534 g/mol. The molecule has 0 N–H and O–H groups in total. The van der Waals surface area contributed by atoms with Gasteiger partial charge in [-0.25, -0.2) is 17.2 Å². The fourth-order valence-corrected chi connectivity index (χ4v) is 7.10. The smallest absolute Gasteiger partial charge is 0.232 e. The zero-order chi connectivity index (χ0) is 27.2. The lowest BCUT2D eigenvalue weighted by molar-refractivity contribution is -0.137. The van der Waals surface area contributed by atoms with E-state index in [0.717, 1.165) is 30.5 Å². The molecule has 3 aliphatic rings. The minimum absolute atomic E-state index is 0.00625. The molecule has 38 heavy (non-hydrogen) atoms. The van der Waals surface area contributed by atoms with Gasteiger partial charge >= 0.3 is 0 Å². The van der Waals surface area contributed by atoms with E-state index >= 15 is 0 Å². The molecule has 1 heterocycles. The third kappa shape index (κ3) is 5.73. The van der Waals surface area contributed by atoms with E-state index in [2.05, 4.69) is 0 Å². The van der Waals surface area contributed by atoms with Crippen LogP contribution in [0.1, 0.15) is 61.5 Å². The summed E-state index contributed by atoms with van der Waals surface area (Å²) in [6, 6.07) is 8.57. The minimum Gasteiger partial charge on any atom is -0.342 e. The van der Waals surface area contributed by atoms with Crippen molar-refractivity contribution in [2.75, 3.05) is 30.2 Å². The van der Waals surface area contributed by atoms with Gasteiger partial charge in [0.2, 0.25) is 15.9 Å². The topological polar surface area (TPSA) is 74.8 Å². The summed E-state index contributed by atoms with van der Waals surface area (Å²) in [6.45, 7) is 1.31. The summed E-state index contributed by atoms with van der Waals surface area (Å²) in [4.78, 5) is 27.5. The third-order valence-electron chi connectivity index (χ3n) is 8.09. The number of hydrogen-bond donors (Lipinski definition) is 0. The van der Waals surface area contributed by atoms with Crippen molar-refractivity contribution >= 4 is 39.0 Å². The quantitative estimate of drug-likeness (QED) is 0.459. The second-order valence-electron chi connectivity index (χ2n) is 10.9. The number of carbonyl (C=O) groups is 2. The maximum absolute atomic E-state index is 14.5. The Morgan fingerprint density at radius 1 is 1.03 bits per heavy atom. The molecule has 10 heteroatoms. The number of rotatable bonds is 7. The first-order chi connectivity index (χ1) is 18.0. The van der Waals surface area contributed by atoms with Crippen molar-refractivity contribution in [3.8, 4) is 0 Å². The number of carbonyl (C=O) groups excluding carboxylic acids is 2. The Kier molecular flexibility index (Phi) is 7.52. The summed E-state index contributed by atoms with van der Waals surface area (Å²) in [5.41, 5.74) is 1.70. The van der Waals surface area contributed by atoms with Crippen LogP contribution in [0.4, 0.5) is 14.5 Å². The molecule has 1 unspecified atom stereocenters. The van der Waals surface area contributed by atoms with Crippen molar-refractivity contribution in [1.29, 1.82) is 0 Å². The predicted molar refractivity (Wildman–Crippen MR) is 142 cm³/mol. The van der Waals surface area contributed by atoms with Crippen LogP contribution in [0.2, 0.25) is 5.02 Å². The number of benzene rings is 2. The van der Waals surface area contributed by atoms with Crippen LogP contribution in [-0.2, 0) is 19.6 Å². The SMILES string of the molecule is CS(=O)(=O)N(CC1CC1)c1ccc(Cl)cc1C1CCN(C(=O)C2CC(=O)C[C@H]2c2ccc(F)cc2F)CC1. The van der Waals surface area contributed by atoms with Crippen LogP contribution in [0.5, 0.6) is 0 Å². The van der Waals surface area contributed by atoms with E-state index in [1.54, 1.807) is 17.0 Å². The third-order valence-corrected chi connectivity index (χ3v) is 9.47. The van der Waals surface area contributed by atoms with E-state index in [9.17, 15) is 26.8 Å². The molecule has 0 radical (unpaired) electrons. The summed E-state index contributed by atoms with van der Waals surface area (Å²) in [7, 11) is -3.49.